The van der Waals surface area contributed by atoms with Crippen molar-refractivity contribution < 1.29 is 9.90 Å². The summed E-state index contributed by atoms with van der Waals surface area (Å²) in [6.45, 7) is 6.08. The third-order valence-electron chi connectivity index (χ3n) is 4.29. The zero-order valence-corrected chi connectivity index (χ0v) is 12.7. The van der Waals surface area contributed by atoms with E-state index in [-0.39, 0.29) is 0 Å². The highest BCUT2D eigenvalue weighted by Gasteiger charge is 2.33. The van der Waals surface area contributed by atoms with Crippen LogP contribution in [0.25, 0.3) is 0 Å². The molecule has 5 nitrogen and oxygen atoms in total. The maximum atomic E-state index is 11.7. The summed E-state index contributed by atoms with van der Waals surface area (Å²) in [6, 6.07) is 0.305. The Morgan fingerprint density at radius 2 is 2.00 bits per heavy atom. The first-order chi connectivity index (χ1) is 9.51. The quantitative estimate of drug-likeness (QED) is 0.865. The Balaban J connectivity index is 2.48. The summed E-state index contributed by atoms with van der Waals surface area (Å²) in [7, 11) is 1.92. The molecule has 0 aliphatic heterocycles. The summed E-state index contributed by atoms with van der Waals surface area (Å²) >= 11 is 0. The summed E-state index contributed by atoms with van der Waals surface area (Å²) in [5.41, 5.74) is 1.94. The molecule has 1 aliphatic carbocycles. The molecule has 0 radical (unpaired) electrons. The van der Waals surface area contributed by atoms with E-state index < -0.39 is 5.97 Å². The Bertz CT molecular complexity index is 512. The molecule has 1 saturated carbocycles. The smallest absolute Gasteiger partial charge is 0.339 e. The van der Waals surface area contributed by atoms with Gasteiger partial charge in [0.2, 0.25) is 0 Å². The molecular weight excluding hydrogens is 254 g/mol. The first kappa shape index (κ1) is 14.8. The third kappa shape index (κ3) is 2.62. The monoisotopic (exact) mass is 277 g/mol. The summed E-state index contributed by atoms with van der Waals surface area (Å²) in [4.78, 5) is 13.7. The van der Waals surface area contributed by atoms with Gasteiger partial charge in [-0.3, -0.25) is 0 Å². The number of hydrogen-bond acceptors (Lipinski definition) is 4. The fraction of sp³-hybridized carbons (Fsp3) is 0.667. The molecule has 1 atom stereocenters. The second kappa shape index (κ2) is 5.77. The lowest BCUT2D eigenvalue weighted by Gasteiger charge is -2.27. The van der Waals surface area contributed by atoms with Gasteiger partial charge in [-0.15, -0.1) is 5.10 Å². The minimum atomic E-state index is -0.906. The number of rotatable bonds is 6. The molecule has 2 rings (SSSR count). The van der Waals surface area contributed by atoms with E-state index in [1.807, 2.05) is 25.8 Å². The molecule has 1 aromatic rings. The van der Waals surface area contributed by atoms with Gasteiger partial charge in [0.15, 0.2) is 5.82 Å². The highest BCUT2D eigenvalue weighted by molar-refractivity contribution is 5.95. The van der Waals surface area contributed by atoms with Crippen LogP contribution in [0.4, 0.5) is 5.82 Å². The van der Waals surface area contributed by atoms with Gasteiger partial charge in [-0.2, -0.15) is 5.10 Å². The summed E-state index contributed by atoms with van der Waals surface area (Å²) in [6.07, 6.45) is 3.81. The van der Waals surface area contributed by atoms with Gasteiger partial charge in [0.25, 0.3) is 0 Å². The van der Waals surface area contributed by atoms with E-state index in [9.17, 15) is 9.90 Å². The molecule has 0 bridgehead atoms. The SMILES string of the molecule is CCc1nnc(N(C)C(C)C2CC2)c(C(=O)O)c1CC. The second-order valence-corrected chi connectivity index (χ2v) is 5.53. The average molecular weight is 277 g/mol. The van der Waals surface area contributed by atoms with Crippen LogP contribution in [0.15, 0.2) is 0 Å². The molecule has 1 unspecified atom stereocenters. The highest BCUT2D eigenvalue weighted by Crippen LogP contribution is 2.37. The van der Waals surface area contributed by atoms with Crippen LogP contribution in [-0.4, -0.2) is 34.4 Å². The molecule has 20 heavy (non-hydrogen) atoms. The minimum absolute atomic E-state index is 0.305. The Hall–Kier alpha value is -1.65. The second-order valence-electron chi connectivity index (χ2n) is 5.53. The molecule has 5 heteroatoms. The van der Waals surface area contributed by atoms with Gasteiger partial charge >= 0.3 is 5.97 Å². The van der Waals surface area contributed by atoms with Crippen LogP contribution in [0.1, 0.15) is 55.2 Å². The average Bonchev–Trinajstić information content (AvgIpc) is 3.28. The van der Waals surface area contributed by atoms with Crippen LogP contribution < -0.4 is 4.90 Å². The first-order valence-corrected chi connectivity index (χ1v) is 7.35. The van der Waals surface area contributed by atoms with E-state index in [0.717, 1.165) is 11.3 Å². The number of anilines is 1. The van der Waals surface area contributed by atoms with Gasteiger partial charge < -0.3 is 10.0 Å². The van der Waals surface area contributed by atoms with Crippen LogP contribution in [0.2, 0.25) is 0 Å². The first-order valence-electron chi connectivity index (χ1n) is 7.35. The van der Waals surface area contributed by atoms with E-state index >= 15 is 0 Å². The summed E-state index contributed by atoms with van der Waals surface area (Å²) in [5, 5.41) is 18.0. The predicted octanol–water partition coefficient (Wildman–Crippen LogP) is 2.53. The molecule has 1 N–H and O–H groups in total. The summed E-state index contributed by atoms with van der Waals surface area (Å²) < 4.78 is 0. The van der Waals surface area contributed by atoms with Crippen molar-refractivity contribution in [2.24, 2.45) is 5.92 Å². The Kier molecular flexibility index (Phi) is 4.26. The van der Waals surface area contributed by atoms with Crippen molar-refractivity contribution in [2.45, 2.75) is 52.5 Å². The van der Waals surface area contributed by atoms with Gasteiger partial charge in [-0.1, -0.05) is 13.8 Å². The fourth-order valence-electron chi connectivity index (χ4n) is 2.72. The summed E-state index contributed by atoms with van der Waals surface area (Å²) in [5.74, 6) is 0.252. The lowest BCUT2D eigenvalue weighted by Crippen LogP contribution is -2.33. The van der Waals surface area contributed by atoms with Crippen LogP contribution in [0.3, 0.4) is 0 Å². The standard InChI is InChI=1S/C15H23N3O2/c1-5-11-12(6-2)16-17-14(13(11)15(19)20)18(4)9(3)10-7-8-10/h9-10H,5-8H2,1-4H3,(H,19,20). The zero-order valence-electron chi connectivity index (χ0n) is 12.7. The number of aryl methyl sites for hydroxylation is 1. The van der Waals surface area contributed by atoms with Gasteiger partial charge in [0.1, 0.15) is 5.56 Å². The lowest BCUT2D eigenvalue weighted by atomic mass is 10.0. The number of aromatic nitrogens is 2. The molecular formula is C15H23N3O2. The molecule has 0 spiro atoms. The van der Waals surface area contributed by atoms with Crippen LogP contribution >= 0.6 is 0 Å². The Morgan fingerprint density at radius 1 is 1.35 bits per heavy atom. The highest BCUT2D eigenvalue weighted by atomic mass is 16.4. The van der Waals surface area contributed by atoms with Gasteiger partial charge in [-0.05, 0) is 44.1 Å². The normalized spacial score (nSPS) is 16.0. The molecule has 0 aromatic carbocycles. The maximum Gasteiger partial charge on any atom is 0.339 e. The predicted molar refractivity (Wildman–Crippen MR) is 78.3 cm³/mol. The minimum Gasteiger partial charge on any atom is -0.478 e. The Morgan fingerprint density at radius 3 is 2.45 bits per heavy atom. The molecule has 1 aromatic heterocycles. The van der Waals surface area contributed by atoms with E-state index in [0.29, 0.717) is 36.2 Å². The van der Waals surface area contributed by atoms with Crippen LogP contribution in [-0.2, 0) is 12.8 Å². The van der Waals surface area contributed by atoms with Crippen LogP contribution in [0.5, 0.6) is 0 Å². The van der Waals surface area contributed by atoms with Gasteiger partial charge in [-0.25, -0.2) is 4.79 Å². The van der Waals surface area contributed by atoms with Crippen molar-refractivity contribution in [1.82, 2.24) is 10.2 Å². The van der Waals surface area contributed by atoms with E-state index in [2.05, 4.69) is 17.1 Å². The van der Waals surface area contributed by atoms with Crippen molar-refractivity contribution >= 4 is 11.8 Å². The fourth-order valence-corrected chi connectivity index (χ4v) is 2.72. The van der Waals surface area contributed by atoms with Crippen molar-refractivity contribution in [2.75, 3.05) is 11.9 Å². The van der Waals surface area contributed by atoms with E-state index in [1.54, 1.807) is 0 Å². The van der Waals surface area contributed by atoms with Crippen molar-refractivity contribution in [3.05, 3.63) is 16.8 Å². The number of carbonyl (C=O) groups is 1. The third-order valence-corrected chi connectivity index (χ3v) is 4.29. The van der Waals surface area contributed by atoms with Crippen molar-refractivity contribution in [3.63, 3.8) is 0 Å². The number of aromatic carboxylic acids is 1. The zero-order chi connectivity index (χ0) is 14.9. The van der Waals surface area contributed by atoms with Crippen molar-refractivity contribution in [3.8, 4) is 0 Å². The number of nitrogens with zero attached hydrogens (tertiary/aromatic N) is 3. The van der Waals surface area contributed by atoms with Gasteiger partial charge in [0.05, 0.1) is 5.69 Å². The molecule has 1 heterocycles. The largest absolute Gasteiger partial charge is 0.478 e. The lowest BCUT2D eigenvalue weighted by molar-refractivity contribution is 0.0695. The number of hydrogen-bond donors (Lipinski definition) is 1. The van der Waals surface area contributed by atoms with Crippen molar-refractivity contribution in [1.29, 1.82) is 0 Å². The maximum absolute atomic E-state index is 11.7. The topological polar surface area (TPSA) is 66.3 Å². The van der Waals surface area contributed by atoms with Gasteiger partial charge in [0, 0.05) is 13.1 Å². The Labute approximate surface area is 120 Å². The number of carboxylic acids is 1. The molecule has 110 valence electrons. The van der Waals surface area contributed by atoms with E-state index in [4.69, 9.17) is 0 Å². The molecule has 0 amide bonds. The molecule has 1 aliphatic rings. The van der Waals surface area contributed by atoms with Crippen LogP contribution in [0, 0.1) is 5.92 Å². The van der Waals surface area contributed by atoms with E-state index in [1.165, 1.54) is 12.8 Å². The molecule has 0 saturated heterocycles. The molecule has 1 fully saturated rings. The number of carboxylic acid groups (broad SMARTS) is 1.